The van der Waals surface area contributed by atoms with Gasteiger partial charge in [-0.25, -0.2) is 0 Å². The van der Waals surface area contributed by atoms with Crippen LogP contribution < -0.4 is 0 Å². The molecule has 0 amide bonds. The van der Waals surface area contributed by atoms with Crippen molar-refractivity contribution in [2.75, 3.05) is 27.7 Å². The molecule has 0 saturated heterocycles. The number of likely N-dealkylation sites (N-methyl/N-ethyl adjacent to an activating group) is 1. The van der Waals surface area contributed by atoms with Crippen molar-refractivity contribution in [1.82, 2.24) is 0 Å². The van der Waals surface area contributed by atoms with Gasteiger partial charge < -0.3 is 14.7 Å². The Hall–Kier alpha value is -0.940. The number of unbranched alkanes of at least 4 members (excludes halogenated alkanes) is 12. The van der Waals surface area contributed by atoms with E-state index in [-0.39, 0.29) is 18.7 Å². The summed E-state index contributed by atoms with van der Waals surface area (Å²) in [5, 5.41) is 19.7. The molecule has 2 N–H and O–H groups in total. The van der Waals surface area contributed by atoms with Crippen LogP contribution in [-0.2, 0) is 9.59 Å². The summed E-state index contributed by atoms with van der Waals surface area (Å²) in [6, 6.07) is 0. The van der Waals surface area contributed by atoms with Gasteiger partial charge in [0.15, 0.2) is 11.4 Å². The van der Waals surface area contributed by atoms with Gasteiger partial charge in [-0.1, -0.05) is 83.9 Å². The summed E-state index contributed by atoms with van der Waals surface area (Å²) >= 11 is 0. The molecule has 28 heavy (non-hydrogen) atoms. The molecule has 5 nitrogen and oxygen atoms in total. The molecule has 0 aromatic heterocycles. The summed E-state index contributed by atoms with van der Waals surface area (Å²) < 4.78 is 7.46. The number of Topliss-reactive ketones (excluding diaryl/α,β-unsaturated/α-hetero) is 1. The van der Waals surface area contributed by atoms with Crippen LogP contribution in [-0.4, -0.2) is 59.7 Å². The minimum Gasteiger partial charge on any atom is -0.481 e. The second-order valence-electron chi connectivity index (χ2n) is 9.32. The summed E-state index contributed by atoms with van der Waals surface area (Å²) in [5.41, 5.74) is -1.77. The van der Waals surface area contributed by atoms with Gasteiger partial charge in [0.2, 0.25) is 0 Å². The van der Waals surface area contributed by atoms with E-state index in [1.54, 1.807) is 0 Å². The number of quaternary nitrogens is 1. The molecule has 0 aliphatic carbocycles. The van der Waals surface area contributed by atoms with Crippen molar-refractivity contribution in [3.05, 3.63) is 0 Å². The number of aliphatic hydroxyl groups is 1. The molecule has 0 heterocycles. The van der Waals surface area contributed by atoms with Gasteiger partial charge in [0.05, 0.1) is 27.6 Å². The highest BCUT2D eigenvalue weighted by Gasteiger charge is 2.42. The summed E-state index contributed by atoms with van der Waals surface area (Å²) in [5.74, 6) is -1.47. The Bertz CT molecular complexity index is 451. The molecule has 0 rings (SSSR count). The number of carbonyl (C=O) groups excluding carboxylic acids is 1. The summed E-state index contributed by atoms with van der Waals surface area (Å²) in [7, 11) is 5.54. The van der Waals surface area contributed by atoms with E-state index in [4.69, 9.17) is 6.48 Å². The van der Waals surface area contributed by atoms with Crippen molar-refractivity contribution < 1.29 is 25.7 Å². The Morgan fingerprint density at radius 1 is 0.821 bits per heavy atom. The molecule has 0 aliphatic rings. The Morgan fingerprint density at radius 2 is 1.25 bits per heavy atom. The van der Waals surface area contributed by atoms with Gasteiger partial charge >= 0.3 is 5.97 Å². The van der Waals surface area contributed by atoms with Crippen LogP contribution in [0.15, 0.2) is 0 Å². The van der Waals surface area contributed by atoms with Crippen LogP contribution in [0, 0.1) is 0 Å². The molecule has 0 aromatic rings. The molecule has 0 aliphatic heterocycles. The van der Waals surface area contributed by atoms with Gasteiger partial charge in [-0.15, -0.1) is 0 Å². The van der Waals surface area contributed by atoms with E-state index in [2.05, 4.69) is 0 Å². The van der Waals surface area contributed by atoms with Crippen LogP contribution in [0.2, 0.25) is 0 Å². The molecule has 0 bridgehead atoms. The van der Waals surface area contributed by atoms with Gasteiger partial charge in [0.25, 0.3) is 0 Å². The molecule has 5 heteroatoms. The summed E-state index contributed by atoms with van der Waals surface area (Å²) in [6.45, 7) is 0.677. The lowest BCUT2D eigenvalue weighted by Crippen LogP contribution is -2.54. The van der Waals surface area contributed by atoms with Gasteiger partial charge in [0, 0.05) is 7.79 Å². The van der Waals surface area contributed by atoms with Crippen molar-refractivity contribution in [1.29, 1.82) is 0 Å². The Kier molecular flexibility index (Phi) is 13.4. The number of hydrogen-bond donors (Lipinski definition) is 2. The van der Waals surface area contributed by atoms with Crippen LogP contribution in [0.1, 0.15) is 105 Å². The van der Waals surface area contributed by atoms with E-state index in [0.717, 1.165) is 25.7 Å². The Balaban J connectivity index is 3.79. The van der Waals surface area contributed by atoms with E-state index in [9.17, 15) is 14.7 Å². The quantitative estimate of drug-likeness (QED) is 0.237. The van der Waals surface area contributed by atoms with Gasteiger partial charge in [-0.2, -0.15) is 0 Å². The van der Waals surface area contributed by atoms with E-state index < -0.39 is 18.0 Å². The third-order valence-corrected chi connectivity index (χ3v) is 5.10. The normalized spacial score (nSPS) is 14.5. The fourth-order valence-electron chi connectivity index (χ4n) is 3.74. The number of hydrogen-bond acceptors (Lipinski definition) is 3. The van der Waals surface area contributed by atoms with E-state index in [0.29, 0.717) is 11.4 Å². The van der Waals surface area contributed by atoms with Crippen LogP contribution in [0.5, 0.6) is 0 Å². The molecule has 1 atom stereocenters. The number of ketones is 1. The fourth-order valence-corrected chi connectivity index (χ4v) is 3.74. The second kappa shape index (κ2) is 15.0. The first-order chi connectivity index (χ1) is 13.6. The first kappa shape index (κ1) is 25.1. The standard InChI is InChI=1S/C23H45NO4/c1-5-6-7-8-9-10-11-12-13-14-15-16-17-18-21(25)23(28,19-22(26)27)20-24(2,3)4/h28H,5-20H2,1-4H3/p+1/i1D. The van der Waals surface area contributed by atoms with E-state index in [1.165, 1.54) is 57.8 Å². The predicted octanol–water partition coefficient (Wildman–Crippen LogP) is 4.95. The van der Waals surface area contributed by atoms with Crippen molar-refractivity contribution in [2.24, 2.45) is 0 Å². The maximum Gasteiger partial charge on any atom is 0.306 e. The molecule has 0 spiro atoms. The average molecular weight is 402 g/mol. The minimum atomic E-state index is -1.77. The monoisotopic (exact) mass is 401 g/mol. The van der Waals surface area contributed by atoms with Crippen molar-refractivity contribution in [2.45, 2.75) is 109 Å². The maximum absolute atomic E-state index is 12.5. The molecule has 0 saturated carbocycles. The molecule has 0 fully saturated rings. The molecule has 1 unspecified atom stereocenters. The zero-order valence-electron chi connectivity index (χ0n) is 19.7. The van der Waals surface area contributed by atoms with Gasteiger partial charge in [0.1, 0.15) is 6.54 Å². The van der Waals surface area contributed by atoms with Crippen molar-refractivity contribution in [3.8, 4) is 0 Å². The Morgan fingerprint density at radius 3 is 1.64 bits per heavy atom. The third-order valence-electron chi connectivity index (χ3n) is 5.10. The van der Waals surface area contributed by atoms with Crippen molar-refractivity contribution >= 4 is 11.8 Å². The number of carboxylic acids is 1. The molecule has 0 radical (unpaired) electrons. The smallest absolute Gasteiger partial charge is 0.306 e. The second-order valence-corrected chi connectivity index (χ2v) is 9.32. The van der Waals surface area contributed by atoms with E-state index >= 15 is 0 Å². The maximum atomic E-state index is 12.5. The zero-order valence-corrected chi connectivity index (χ0v) is 18.7. The topological polar surface area (TPSA) is 74.6 Å². The molecular weight excluding hydrogens is 354 g/mol. The summed E-state index contributed by atoms with van der Waals surface area (Å²) in [4.78, 5) is 23.5. The average Bonchev–Trinajstić information content (AvgIpc) is 2.59. The molecule has 166 valence electrons. The van der Waals surface area contributed by atoms with Gasteiger partial charge in [-0.05, 0) is 6.42 Å². The highest BCUT2D eigenvalue weighted by atomic mass is 16.4. The third kappa shape index (κ3) is 15.0. The van der Waals surface area contributed by atoms with Crippen LogP contribution in [0.4, 0.5) is 0 Å². The zero-order chi connectivity index (χ0) is 22.2. The van der Waals surface area contributed by atoms with E-state index in [1.807, 2.05) is 21.1 Å². The van der Waals surface area contributed by atoms with Crippen LogP contribution in [0.25, 0.3) is 0 Å². The highest BCUT2D eigenvalue weighted by molar-refractivity contribution is 5.90. The predicted molar refractivity (Wildman–Crippen MR) is 115 cm³/mol. The minimum absolute atomic E-state index is 0.113. The number of carbonyl (C=O) groups is 2. The van der Waals surface area contributed by atoms with Gasteiger partial charge in [-0.3, -0.25) is 9.59 Å². The fraction of sp³-hybridized carbons (Fsp3) is 0.913. The molecular formula is C23H46NO4+. The largest absolute Gasteiger partial charge is 0.481 e. The number of nitrogens with zero attached hydrogens (tertiary/aromatic N) is 1. The lowest BCUT2D eigenvalue weighted by Gasteiger charge is -2.33. The summed E-state index contributed by atoms with van der Waals surface area (Å²) in [6.07, 6.45) is 14.9. The van der Waals surface area contributed by atoms with Crippen LogP contribution in [0.3, 0.4) is 0 Å². The number of rotatable bonds is 19. The first-order valence-corrected chi connectivity index (χ1v) is 11.2. The highest BCUT2D eigenvalue weighted by Crippen LogP contribution is 2.20. The van der Waals surface area contributed by atoms with Crippen LogP contribution >= 0.6 is 0 Å². The first-order valence-electron chi connectivity index (χ1n) is 11.9. The lowest BCUT2D eigenvalue weighted by molar-refractivity contribution is -0.875. The SMILES string of the molecule is [2H]CCCCCCCCCCCCCCCC(=O)C(O)(CC(=O)O)C[N+](C)(C)C. The lowest BCUT2D eigenvalue weighted by atomic mass is 9.89. The Labute approximate surface area is 174 Å². The number of aliphatic carboxylic acids is 1. The molecule has 0 aromatic carbocycles. The number of carboxylic acid groups (broad SMARTS) is 1. The van der Waals surface area contributed by atoms with Crippen molar-refractivity contribution in [3.63, 3.8) is 0 Å².